The van der Waals surface area contributed by atoms with Crippen molar-refractivity contribution in [3.8, 4) is 5.75 Å². The quantitative estimate of drug-likeness (QED) is 0.279. The second kappa shape index (κ2) is 9.47. The molecule has 0 radical (unpaired) electrons. The Hall–Kier alpha value is -4.00. The molecule has 1 heterocycles. The van der Waals surface area contributed by atoms with Crippen molar-refractivity contribution in [2.75, 3.05) is 0 Å². The first-order valence-electron chi connectivity index (χ1n) is 10.6. The molecule has 0 aliphatic carbocycles. The van der Waals surface area contributed by atoms with Gasteiger partial charge in [-0.05, 0) is 64.7 Å². The zero-order valence-corrected chi connectivity index (χ0v) is 18.6. The fourth-order valence-electron chi connectivity index (χ4n) is 3.57. The number of ether oxygens (including phenoxy) is 3. The number of halogens is 2. The van der Waals surface area contributed by atoms with E-state index in [2.05, 4.69) is 0 Å². The molecule has 0 aromatic heterocycles. The van der Waals surface area contributed by atoms with Crippen LogP contribution in [0.15, 0.2) is 72.3 Å². The Kier molecular flexibility index (Phi) is 6.45. The molecule has 1 aliphatic heterocycles. The normalized spacial score (nSPS) is 14.9. The van der Waals surface area contributed by atoms with Crippen LogP contribution < -0.4 is 4.74 Å². The van der Waals surface area contributed by atoms with Gasteiger partial charge in [0.25, 0.3) is 5.79 Å². The van der Waals surface area contributed by atoms with Crippen molar-refractivity contribution in [3.05, 3.63) is 106 Å². The van der Waals surface area contributed by atoms with Crippen LogP contribution in [0.1, 0.15) is 36.1 Å². The van der Waals surface area contributed by atoms with Gasteiger partial charge in [0.2, 0.25) is 0 Å². The number of hydrogen-bond donors (Lipinski definition) is 0. The summed E-state index contributed by atoms with van der Waals surface area (Å²) in [6.07, 6.45) is 1.71. The highest BCUT2D eigenvalue weighted by molar-refractivity contribution is 6.18. The van der Waals surface area contributed by atoms with E-state index in [0.29, 0.717) is 34.4 Å². The standard InChI is InChI=1S/C27H22F2O5/c1-27(2)33-25(30)23(26(31)34-27)15-18-9-10-24(32-16-19-6-4-8-22(29)14-19)20(12-18)11-17-5-3-7-21(28)13-17/h3-10,12-15H,11,16H2,1-2H3. The summed E-state index contributed by atoms with van der Waals surface area (Å²) in [5, 5.41) is 0. The molecular formula is C27H22F2O5. The summed E-state index contributed by atoms with van der Waals surface area (Å²) in [6.45, 7) is 3.07. The Morgan fingerprint density at radius 1 is 0.853 bits per heavy atom. The van der Waals surface area contributed by atoms with Crippen molar-refractivity contribution in [1.82, 2.24) is 0 Å². The third-order valence-electron chi connectivity index (χ3n) is 5.08. The van der Waals surface area contributed by atoms with Crippen molar-refractivity contribution in [3.63, 3.8) is 0 Å². The van der Waals surface area contributed by atoms with E-state index >= 15 is 0 Å². The Labute approximate surface area is 195 Å². The fraction of sp³-hybridized carbons (Fsp3) is 0.185. The van der Waals surface area contributed by atoms with Crippen LogP contribution in [-0.2, 0) is 32.1 Å². The van der Waals surface area contributed by atoms with E-state index in [0.717, 1.165) is 0 Å². The van der Waals surface area contributed by atoms with Gasteiger partial charge in [0.05, 0.1) is 0 Å². The van der Waals surface area contributed by atoms with Gasteiger partial charge in [-0.1, -0.05) is 30.3 Å². The van der Waals surface area contributed by atoms with Gasteiger partial charge >= 0.3 is 11.9 Å². The summed E-state index contributed by atoms with van der Waals surface area (Å²) in [5.74, 6) is -3.11. The number of carbonyl (C=O) groups excluding carboxylic acids is 2. The predicted octanol–water partition coefficient (Wildman–Crippen LogP) is 5.35. The highest BCUT2D eigenvalue weighted by Gasteiger charge is 2.38. The van der Waals surface area contributed by atoms with Gasteiger partial charge in [-0.2, -0.15) is 0 Å². The first kappa shape index (κ1) is 23.2. The Morgan fingerprint density at radius 3 is 2.12 bits per heavy atom. The third-order valence-corrected chi connectivity index (χ3v) is 5.08. The first-order valence-corrected chi connectivity index (χ1v) is 10.6. The molecule has 0 amide bonds. The van der Waals surface area contributed by atoms with Crippen LogP contribution in [0, 0.1) is 11.6 Å². The van der Waals surface area contributed by atoms with Crippen LogP contribution >= 0.6 is 0 Å². The van der Waals surface area contributed by atoms with E-state index in [9.17, 15) is 18.4 Å². The molecule has 7 heteroatoms. The summed E-state index contributed by atoms with van der Waals surface area (Å²) in [6, 6.07) is 17.3. The van der Waals surface area contributed by atoms with Gasteiger partial charge in [-0.3, -0.25) is 0 Å². The lowest BCUT2D eigenvalue weighted by Gasteiger charge is -2.29. The summed E-state index contributed by atoms with van der Waals surface area (Å²) in [4.78, 5) is 24.6. The van der Waals surface area contributed by atoms with Gasteiger partial charge < -0.3 is 14.2 Å². The number of carbonyl (C=O) groups is 2. The molecule has 3 aromatic carbocycles. The minimum absolute atomic E-state index is 0.127. The van der Waals surface area contributed by atoms with Crippen molar-refractivity contribution >= 4 is 18.0 Å². The molecule has 34 heavy (non-hydrogen) atoms. The number of esters is 2. The highest BCUT2D eigenvalue weighted by atomic mass is 19.1. The summed E-state index contributed by atoms with van der Waals surface area (Å²) >= 11 is 0. The number of benzene rings is 3. The van der Waals surface area contributed by atoms with Crippen LogP contribution in [0.25, 0.3) is 6.08 Å². The van der Waals surface area contributed by atoms with Gasteiger partial charge in [-0.15, -0.1) is 0 Å². The minimum Gasteiger partial charge on any atom is -0.489 e. The average molecular weight is 464 g/mol. The Bertz CT molecular complexity index is 1260. The van der Waals surface area contributed by atoms with Gasteiger partial charge in [0.1, 0.15) is 29.6 Å². The highest BCUT2D eigenvalue weighted by Crippen LogP contribution is 2.28. The average Bonchev–Trinajstić information content (AvgIpc) is 2.75. The Balaban J connectivity index is 1.65. The second-order valence-electron chi connectivity index (χ2n) is 8.33. The maximum Gasteiger partial charge on any atom is 0.348 e. The summed E-state index contributed by atoms with van der Waals surface area (Å²) < 4.78 is 43.5. The van der Waals surface area contributed by atoms with E-state index in [1.165, 1.54) is 44.2 Å². The van der Waals surface area contributed by atoms with Crippen LogP contribution in [0.4, 0.5) is 8.78 Å². The smallest absolute Gasteiger partial charge is 0.348 e. The molecule has 0 spiro atoms. The monoisotopic (exact) mass is 464 g/mol. The fourth-order valence-corrected chi connectivity index (χ4v) is 3.57. The van der Waals surface area contributed by atoms with Crippen molar-refractivity contribution < 1.29 is 32.6 Å². The maximum absolute atomic E-state index is 13.7. The zero-order valence-electron chi connectivity index (χ0n) is 18.6. The molecule has 0 bridgehead atoms. The molecular weight excluding hydrogens is 442 g/mol. The molecule has 1 fully saturated rings. The zero-order chi connectivity index (χ0) is 24.3. The van der Waals surface area contributed by atoms with Gasteiger partial charge in [-0.25, -0.2) is 18.4 Å². The lowest BCUT2D eigenvalue weighted by molar-refractivity contribution is -0.222. The molecule has 4 rings (SSSR count). The molecule has 0 saturated carbocycles. The van der Waals surface area contributed by atoms with Crippen molar-refractivity contribution in [2.24, 2.45) is 0 Å². The lowest BCUT2D eigenvalue weighted by atomic mass is 10.00. The van der Waals surface area contributed by atoms with Gasteiger partial charge in [0, 0.05) is 20.3 Å². The molecule has 174 valence electrons. The topological polar surface area (TPSA) is 61.8 Å². The number of hydrogen-bond acceptors (Lipinski definition) is 5. The second-order valence-corrected chi connectivity index (χ2v) is 8.33. The SMILES string of the molecule is CC1(C)OC(=O)C(=Cc2ccc(OCc3cccc(F)c3)c(Cc3cccc(F)c3)c2)C(=O)O1. The molecule has 5 nitrogen and oxygen atoms in total. The maximum atomic E-state index is 13.7. The van der Waals surface area contributed by atoms with E-state index in [1.807, 2.05) is 0 Å². The molecule has 0 unspecified atom stereocenters. The molecule has 1 saturated heterocycles. The predicted molar refractivity (Wildman–Crippen MR) is 121 cm³/mol. The van der Waals surface area contributed by atoms with E-state index in [-0.39, 0.29) is 23.8 Å². The number of cyclic esters (lactones) is 2. The van der Waals surface area contributed by atoms with Crippen molar-refractivity contribution in [1.29, 1.82) is 0 Å². The third kappa shape index (κ3) is 5.67. The van der Waals surface area contributed by atoms with E-state index in [4.69, 9.17) is 14.2 Å². The van der Waals surface area contributed by atoms with Crippen LogP contribution in [0.5, 0.6) is 5.75 Å². The molecule has 1 aliphatic rings. The van der Waals surface area contributed by atoms with E-state index < -0.39 is 17.7 Å². The minimum atomic E-state index is -1.33. The lowest BCUT2D eigenvalue weighted by Crippen LogP contribution is -2.41. The summed E-state index contributed by atoms with van der Waals surface area (Å²) in [7, 11) is 0. The Morgan fingerprint density at radius 2 is 1.47 bits per heavy atom. The van der Waals surface area contributed by atoms with Crippen LogP contribution in [0.3, 0.4) is 0 Å². The number of rotatable bonds is 6. The van der Waals surface area contributed by atoms with Gasteiger partial charge in [0.15, 0.2) is 0 Å². The first-order chi connectivity index (χ1) is 16.2. The molecule has 3 aromatic rings. The largest absolute Gasteiger partial charge is 0.489 e. The molecule has 0 N–H and O–H groups in total. The van der Waals surface area contributed by atoms with Crippen molar-refractivity contribution in [2.45, 2.75) is 32.7 Å². The van der Waals surface area contributed by atoms with Crippen LogP contribution in [0.2, 0.25) is 0 Å². The molecule has 0 atom stereocenters. The summed E-state index contributed by atoms with van der Waals surface area (Å²) in [5.41, 5.74) is 2.35. The van der Waals surface area contributed by atoms with Crippen LogP contribution in [-0.4, -0.2) is 17.7 Å². The van der Waals surface area contributed by atoms with E-state index in [1.54, 1.807) is 42.5 Å².